The van der Waals surface area contributed by atoms with Crippen LogP contribution in [-0.4, -0.2) is 59.2 Å². The number of carbonyl (C=O) groups is 2. The van der Waals surface area contributed by atoms with Crippen molar-refractivity contribution in [2.24, 2.45) is 0 Å². The molecular weight excluding hydrogens is 308 g/mol. The van der Waals surface area contributed by atoms with E-state index in [0.29, 0.717) is 23.1 Å². The Bertz CT molecular complexity index is 525. The van der Waals surface area contributed by atoms with E-state index in [9.17, 15) is 9.59 Å². The molecule has 1 amide bonds. The largest absolute Gasteiger partial charge is 0.468 e. The second kappa shape index (κ2) is 7.70. The fourth-order valence-corrected chi connectivity index (χ4v) is 3.77. The molecule has 1 aliphatic heterocycles. The summed E-state index contributed by atoms with van der Waals surface area (Å²) >= 11 is 3.03. The zero-order chi connectivity index (χ0) is 15.2. The van der Waals surface area contributed by atoms with Crippen LogP contribution < -0.4 is 0 Å². The van der Waals surface area contributed by atoms with Gasteiger partial charge in [-0.2, -0.15) is 0 Å². The first kappa shape index (κ1) is 16.2. The summed E-state index contributed by atoms with van der Waals surface area (Å²) in [5.74, 6) is 0.141. The van der Waals surface area contributed by atoms with Gasteiger partial charge in [-0.3, -0.25) is 9.59 Å². The number of esters is 1. The van der Waals surface area contributed by atoms with Gasteiger partial charge in [0.25, 0.3) is 5.91 Å². The number of thioether (sulfide) groups is 2. The Morgan fingerprint density at radius 2 is 2.33 bits per heavy atom. The second-order valence-corrected chi connectivity index (χ2v) is 6.69. The lowest BCUT2D eigenvalue weighted by Crippen LogP contribution is -2.29. The number of pyridine rings is 1. The summed E-state index contributed by atoms with van der Waals surface area (Å²) in [7, 11) is 1.39. The van der Waals surface area contributed by atoms with E-state index in [4.69, 9.17) is 0 Å². The molecule has 2 heterocycles. The van der Waals surface area contributed by atoms with Crippen LogP contribution in [0.2, 0.25) is 0 Å². The lowest BCUT2D eigenvalue weighted by molar-refractivity contribution is -0.137. The number of likely N-dealkylation sites (tertiary alicyclic amines) is 1. The van der Waals surface area contributed by atoms with Crippen molar-refractivity contribution < 1.29 is 14.3 Å². The minimum atomic E-state index is -0.221. The molecule has 0 radical (unpaired) electrons. The Labute approximate surface area is 132 Å². The number of nitrogens with zero attached hydrogens (tertiary/aromatic N) is 2. The van der Waals surface area contributed by atoms with Crippen molar-refractivity contribution in [1.29, 1.82) is 0 Å². The molecule has 0 saturated carbocycles. The molecule has 0 spiro atoms. The highest BCUT2D eigenvalue weighted by atomic mass is 32.2. The van der Waals surface area contributed by atoms with Crippen molar-refractivity contribution in [3.05, 3.63) is 23.9 Å². The Hall–Kier alpha value is -1.21. The average molecular weight is 326 g/mol. The van der Waals surface area contributed by atoms with Crippen LogP contribution in [-0.2, 0) is 9.53 Å². The molecule has 114 valence electrons. The Morgan fingerprint density at radius 3 is 3.05 bits per heavy atom. The van der Waals surface area contributed by atoms with Gasteiger partial charge in [-0.15, -0.1) is 23.5 Å². The fraction of sp³-hybridized carbons (Fsp3) is 0.500. The first-order chi connectivity index (χ1) is 10.2. The topological polar surface area (TPSA) is 59.5 Å². The van der Waals surface area contributed by atoms with E-state index in [1.54, 1.807) is 24.0 Å². The standard InChI is InChI=1S/C14H18N2O3S2/c1-19-12(17)9-21-10-5-7-16(8-10)14(18)11-4-3-6-15-13(11)20-2/h3-4,6,10H,5,7-9H2,1-2H3/t10-/m1/s1. The van der Waals surface area contributed by atoms with Crippen molar-refractivity contribution in [1.82, 2.24) is 9.88 Å². The maximum Gasteiger partial charge on any atom is 0.315 e. The molecule has 7 heteroatoms. The lowest BCUT2D eigenvalue weighted by atomic mass is 10.2. The van der Waals surface area contributed by atoms with Crippen molar-refractivity contribution in [3.8, 4) is 0 Å². The number of methoxy groups -OCH3 is 1. The molecule has 1 aliphatic rings. The van der Waals surface area contributed by atoms with Crippen LogP contribution in [0.4, 0.5) is 0 Å². The third kappa shape index (κ3) is 4.14. The van der Waals surface area contributed by atoms with E-state index >= 15 is 0 Å². The first-order valence-corrected chi connectivity index (χ1v) is 8.89. The van der Waals surface area contributed by atoms with Gasteiger partial charge in [-0.25, -0.2) is 4.98 Å². The zero-order valence-electron chi connectivity index (χ0n) is 12.1. The smallest absolute Gasteiger partial charge is 0.315 e. The minimum absolute atomic E-state index is 0.0219. The van der Waals surface area contributed by atoms with Crippen LogP contribution in [0.3, 0.4) is 0 Å². The van der Waals surface area contributed by atoms with Gasteiger partial charge in [-0.1, -0.05) is 0 Å². The Balaban J connectivity index is 1.94. The second-order valence-electron chi connectivity index (χ2n) is 4.61. The fourth-order valence-electron chi connectivity index (χ4n) is 2.18. The van der Waals surface area contributed by atoms with Gasteiger partial charge in [0.2, 0.25) is 0 Å². The molecule has 0 unspecified atom stereocenters. The van der Waals surface area contributed by atoms with Crippen LogP contribution in [0, 0.1) is 0 Å². The monoisotopic (exact) mass is 326 g/mol. The van der Waals surface area contributed by atoms with Gasteiger partial charge < -0.3 is 9.64 Å². The van der Waals surface area contributed by atoms with Crippen molar-refractivity contribution in [2.45, 2.75) is 16.7 Å². The molecule has 0 bridgehead atoms. The van der Waals surface area contributed by atoms with Crippen molar-refractivity contribution in [3.63, 3.8) is 0 Å². The predicted molar refractivity (Wildman–Crippen MR) is 84.8 cm³/mol. The Kier molecular flexibility index (Phi) is 5.93. The molecule has 21 heavy (non-hydrogen) atoms. The summed E-state index contributed by atoms with van der Waals surface area (Å²) in [6.07, 6.45) is 4.52. The van der Waals surface area contributed by atoms with Gasteiger partial charge in [0.05, 0.1) is 18.4 Å². The average Bonchev–Trinajstić information content (AvgIpc) is 3.00. The van der Waals surface area contributed by atoms with E-state index < -0.39 is 0 Å². The van der Waals surface area contributed by atoms with Crippen LogP contribution in [0.5, 0.6) is 0 Å². The quantitative estimate of drug-likeness (QED) is 0.609. The SMILES string of the molecule is COC(=O)CS[C@@H]1CCN(C(=O)c2cccnc2SC)C1. The number of ether oxygens (including phenoxy) is 1. The van der Waals surface area contributed by atoms with Gasteiger partial charge in [0.1, 0.15) is 5.03 Å². The van der Waals surface area contributed by atoms with E-state index in [1.165, 1.54) is 18.9 Å². The molecule has 0 N–H and O–H groups in total. The molecule has 1 fully saturated rings. The summed E-state index contributed by atoms with van der Waals surface area (Å²) in [6.45, 7) is 1.39. The summed E-state index contributed by atoms with van der Waals surface area (Å²) < 4.78 is 4.63. The number of rotatable bonds is 5. The van der Waals surface area contributed by atoms with Crippen LogP contribution in [0.15, 0.2) is 23.4 Å². The zero-order valence-corrected chi connectivity index (χ0v) is 13.7. The van der Waals surface area contributed by atoms with E-state index in [-0.39, 0.29) is 11.9 Å². The Morgan fingerprint density at radius 1 is 1.52 bits per heavy atom. The molecule has 1 aromatic heterocycles. The molecule has 0 aliphatic carbocycles. The molecule has 1 atom stereocenters. The number of aromatic nitrogens is 1. The number of hydrogen-bond donors (Lipinski definition) is 0. The predicted octanol–water partition coefficient (Wildman–Crippen LogP) is 1.92. The van der Waals surface area contributed by atoms with E-state index in [0.717, 1.165) is 18.0 Å². The lowest BCUT2D eigenvalue weighted by Gasteiger charge is -2.17. The summed E-state index contributed by atoms with van der Waals surface area (Å²) in [5, 5.41) is 1.05. The molecule has 2 rings (SSSR count). The van der Waals surface area contributed by atoms with Crippen molar-refractivity contribution >= 4 is 35.4 Å². The van der Waals surface area contributed by atoms with Crippen molar-refractivity contribution in [2.75, 3.05) is 32.2 Å². The summed E-state index contributed by atoms with van der Waals surface area (Å²) in [6, 6.07) is 3.60. The van der Waals surface area contributed by atoms with Gasteiger partial charge >= 0.3 is 5.97 Å². The normalized spacial score (nSPS) is 17.8. The first-order valence-electron chi connectivity index (χ1n) is 6.62. The maximum atomic E-state index is 12.5. The van der Waals surface area contributed by atoms with Crippen LogP contribution in [0.25, 0.3) is 0 Å². The van der Waals surface area contributed by atoms with E-state index in [2.05, 4.69) is 9.72 Å². The molecule has 0 aromatic carbocycles. The molecule has 1 aromatic rings. The number of carbonyl (C=O) groups excluding carboxylic acids is 2. The van der Waals surface area contributed by atoms with Crippen LogP contribution >= 0.6 is 23.5 Å². The van der Waals surface area contributed by atoms with E-state index in [1.807, 2.05) is 17.2 Å². The maximum absolute atomic E-state index is 12.5. The molecule has 1 saturated heterocycles. The third-order valence-corrected chi connectivity index (χ3v) is 5.26. The minimum Gasteiger partial charge on any atom is -0.468 e. The van der Waals surface area contributed by atoms with Crippen LogP contribution in [0.1, 0.15) is 16.8 Å². The van der Waals surface area contributed by atoms with Gasteiger partial charge in [-0.05, 0) is 24.8 Å². The highest BCUT2D eigenvalue weighted by Gasteiger charge is 2.28. The molecular formula is C14H18N2O3S2. The summed E-state index contributed by atoms with van der Waals surface area (Å²) in [4.78, 5) is 29.8. The van der Waals surface area contributed by atoms with Gasteiger partial charge in [0.15, 0.2) is 0 Å². The summed E-state index contributed by atoms with van der Waals surface area (Å²) in [5.41, 5.74) is 0.656. The number of hydrogen-bond acceptors (Lipinski definition) is 6. The van der Waals surface area contributed by atoms with Gasteiger partial charge in [0, 0.05) is 24.5 Å². The third-order valence-electron chi connectivity index (χ3n) is 3.29. The molecule has 5 nitrogen and oxygen atoms in total. The highest BCUT2D eigenvalue weighted by molar-refractivity contribution is 8.00. The highest BCUT2D eigenvalue weighted by Crippen LogP contribution is 2.26. The number of amides is 1.